The Morgan fingerprint density at radius 1 is 1.35 bits per heavy atom. The minimum Gasteiger partial charge on any atom is -0.382 e. The van der Waals surface area contributed by atoms with Crippen LogP contribution in [0.2, 0.25) is 0 Å². The first-order valence-corrected chi connectivity index (χ1v) is 5.87. The molecule has 17 heavy (non-hydrogen) atoms. The first-order chi connectivity index (χ1) is 8.13. The van der Waals surface area contributed by atoms with E-state index in [4.69, 9.17) is 14.7 Å². The maximum atomic E-state index is 11.6. The molecule has 0 aliphatic heterocycles. The van der Waals surface area contributed by atoms with Crippen LogP contribution in [0.25, 0.3) is 0 Å². The highest BCUT2D eigenvalue weighted by molar-refractivity contribution is 5.81. The number of carbonyl (C=O) groups excluding carboxylic acids is 1. The highest BCUT2D eigenvalue weighted by Gasteiger charge is 2.20. The van der Waals surface area contributed by atoms with Crippen LogP contribution in [0, 0.1) is 23.2 Å². The fourth-order valence-corrected chi connectivity index (χ4v) is 1.25. The van der Waals surface area contributed by atoms with E-state index in [1.807, 2.05) is 19.9 Å². The molecule has 5 heteroatoms. The van der Waals surface area contributed by atoms with Gasteiger partial charge in [-0.05, 0) is 12.3 Å². The van der Waals surface area contributed by atoms with Gasteiger partial charge in [-0.2, -0.15) is 5.26 Å². The van der Waals surface area contributed by atoms with Crippen LogP contribution in [0.4, 0.5) is 0 Å². The van der Waals surface area contributed by atoms with Crippen LogP contribution in [0.15, 0.2) is 0 Å². The maximum Gasteiger partial charge on any atom is 0.237 e. The third-order valence-electron chi connectivity index (χ3n) is 2.28. The molecule has 0 rings (SSSR count). The van der Waals surface area contributed by atoms with Gasteiger partial charge in [-0.15, -0.1) is 0 Å². The maximum absolute atomic E-state index is 11.6. The standard InChI is InChI=1S/C12H22N2O3/c1-10(2)11(9-13)12(15)14-5-4-6-17-8-7-16-3/h10-11H,4-8H2,1-3H3,(H,14,15). The van der Waals surface area contributed by atoms with E-state index < -0.39 is 5.92 Å². The fraction of sp³-hybridized carbons (Fsp3) is 0.833. The van der Waals surface area contributed by atoms with Gasteiger partial charge in [-0.25, -0.2) is 0 Å². The van der Waals surface area contributed by atoms with E-state index in [0.717, 1.165) is 6.42 Å². The summed E-state index contributed by atoms with van der Waals surface area (Å²) in [4.78, 5) is 11.6. The third kappa shape index (κ3) is 7.72. The topological polar surface area (TPSA) is 71.3 Å². The quantitative estimate of drug-likeness (QED) is 0.611. The fourth-order valence-electron chi connectivity index (χ4n) is 1.25. The van der Waals surface area contributed by atoms with E-state index in [1.165, 1.54) is 0 Å². The number of nitriles is 1. The molecular formula is C12H22N2O3. The molecule has 0 radical (unpaired) electrons. The van der Waals surface area contributed by atoms with Crippen molar-refractivity contribution in [2.45, 2.75) is 20.3 Å². The molecule has 1 atom stereocenters. The van der Waals surface area contributed by atoms with Crippen molar-refractivity contribution in [1.82, 2.24) is 5.32 Å². The van der Waals surface area contributed by atoms with Gasteiger partial charge in [-0.3, -0.25) is 4.79 Å². The Labute approximate surface area is 103 Å². The Morgan fingerprint density at radius 3 is 2.59 bits per heavy atom. The van der Waals surface area contributed by atoms with Crippen LogP contribution in [-0.2, 0) is 14.3 Å². The summed E-state index contributed by atoms with van der Waals surface area (Å²) in [5.41, 5.74) is 0. The minimum atomic E-state index is -0.565. The van der Waals surface area contributed by atoms with Gasteiger partial charge in [-0.1, -0.05) is 13.8 Å². The first kappa shape index (κ1) is 15.9. The molecule has 1 amide bonds. The molecule has 0 aliphatic carbocycles. The van der Waals surface area contributed by atoms with E-state index in [0.29, 0.717) is 26.4 Å². The Hall–Kier alpha value is -1.12. The predicted molar refractivity (Wildman–Crippen MR) is 64.3 cm³/mol. The number of carbonyl (C=O) groups is 1. The summed E-state index contributed by atoms with van der Waals surface area (Å²) in [7, 11) is 1.62. The Balaban J connectivity index is 3.55. The Bertz CT molecular complexity index is 249. The van der Waals surface area contributed by atoms with Gasteiger partial charge < -0.3 is 14.8 Å². The molecule has 0 bridgehead atoms. The molecule has 0 aromatic rings. The highest BCUT2D eigenvalue weighted by Crippen LogP contribution is 2.08. The normalized spacial score (nSPS) is 12.2. The third-order valence-corrected chi connectivity index (χ3v) is 2.28. The van der Waals surface area contributed by atoms with E-state index in [-0.39, 0.29) is 11.8 Å². The van der Waals surface area contributed by atoms with Crippen molar-refractivity contribution in [2.24, 2.45) is 11.8 Å². The van der Waals surface area contributed by atoms with E-state index in [9.17, 15) is 4.79 Å². The molecule has 1 unspecified atom stereocenters. The van der Waals surface area contributed by atoms with Crippen molar-refractivity contribution >= 4 is 5.91 Å². The second-order valence-corrected chi connectivity index (χ2v) is 4.10. The number of rotatable bonds is 9. The molecule has 0 saturated carbocycles. The zero-order valence-corrected chi connectivity index (χ0v) is 10.9. The van der Waals surface area contributed by atoms with Crippen molar-refractivity contribution in [3.8, 4) is 6.07 Å². The van der Waals surface area contributed by atoms with Crippen LogP contribution < -0.4 is 5.32 Å². The predicted octanol–water partition coefficient (Wildman–Crippen LogP) is 0.951. The van der Waals surface area contributed by atoms with Crippen LogP contribution >= 0.6 is 0 Å². The summed E-state index contributed by atoms with van der Waals surface area (Å²) in [6, 6.07) is 2.01. The van der Waals surface area contributed by atoms with Gasteiger partial charge in [0.15, 0.2) is 0 Å². The smallest absolute Gasteiger partial charge is 0.237 e. The summed E-state index contributed by atoms with van der Waals surface area (Å²) in [5.74, 6) is -0.721. The summed E-state index contributed by atoms with van der Waals surface area (Å²) in [6.45, 7) is 6.00. The molecule has 98 valence electrons. The lowest BCUT2D eigenvalue weighted by atomic mass is 9.97. The number of amides is 1. The molecule has 0 saturated heterocycles. The molecular weight excluding hydrogens is 220 g/mol. The minimum absolute atomic E-state index is 0.0398. The van der Waals surface area contributed by atoms with Crippen molar-refractivity contribution in [1.29, 1.82) is 5.26 Å². The zero-order valence-electron chi connectivity index (χ0n) is 10.9. The second-order valence-electron chi connectivity index (χ2n) is 4.10. The molecule has 1 N–H and O–H groups in total. The SMILES string of the molecule is COCCOCCCNC(=O)C(C#N)C(C)C. The van der Waals surface area contributed by atoms with E-state index in [1.54, 1.807) is 7.11 Å². The molecule has 0 aromatic heterocycles. The Morgan fingerprint density at radius 2 is 2.06 bits per heavy atom. The van der Waals surface area contributed by atoms with Crippen LogP contribution in [-0.4, -0.2) is 39.4 Å². The number of hydrogen-bond acceptors (Lipinski definition) is 4. The van der Waals surface area contributed by atoms with Crippen LogP contribution in [0.1, 0.15) is 20.3 Å². The monoisotopic (exact) mass is 242 g/mol. The van der Waals surface area contributed by atoms with Crippen molar-refractivity contribution < 1.29 is 14.3 Å². The molecule has 0 heterocycles. The number of ether oxygens (including phenoxy) is 2. The largest absolute Gasteiger partial charge is 0.382 e. The van der Waals surface area contributed by atoms with Crippen LogP contribution in [0.5, 0.6) is 0 Å². The van der Waals surface area contributed by atoms with Gasteiger partial charge >= 0.3 is 0 Å². The van der Waals surface area contributed by atoms with Gasteiger partial charge in [0.1, 0.15) is 5.92 Å². The lowest BCUT2D eigenvalue weighted by molar-refractivity contribution is -0.124. The summed E-state index contributed by atoms with van der Waals surface area (Å²) in [6.07, 6.45) is 0.742. The number of methoxy groups -OCH3 is 1. The molecule has 0 spiro atoms. The molecule has 5 nitrogen and oxygen atoms in total. The molecule has 0 aromatic carbocycles. The summed E-state index contributed by atoms with van der Waals surface area (Å²) in [5, 5.41) is 11.6. The van der Waals surface area contributed by atoms with E-state index >= 15 is 0 Å². The lowest BCUT2D eigenvalue weighted by Gasteiger charge is -2.12. The second kappa shape index (κ2) is 10.1. The lowest BCUT2D eigenvalue weighted by Crippen LogP contribution is -2.33. The molecule has 0 aliphatic rings. The highest BCUT2D eigenvalue weighted by atomic mass is 16.5. The number of hydrogen-bond donors (Lipinski definition) is 1. The van der Waals surface area contributed by atoms with Gasteiger partial charge in [0.05, 0.1) is 19.3 Å². The average Bonchev–Trinajstić information content (AvgIpc) is 2.28. The zero-order chi connectivity index (χ0) is 13.1. The van der Waals surface area contributed by atoms with Crippen LogP contribution in [0.3, 0.4) is 0 Å². The summed E-state index contributed by atoms with van der Waals surface area (Å²) >= 11 is 0. The summed E-state index contributed by atoms with van der Waals surface area (Å²) < 4.78 is 10.1. The van der Waals surface area contributed by atoms with E-state index in [2.05, 4.69) is 5.32 Å². The molecule has 0 fully saturated rings. The Kier molecular flexibility index (Phi) is 9.40. The van der Waals surface area contributed by atoms with Crippen molar-refractivity contribution in [3.05, 3.63) is 0 Å². The number of nitrogens with one attached hydrogen (secondary N) is 1. The van der Waals surface area contributed by atoms with Gasteiger partial charge in [0.2, 0.25) is 5.91 Å². The van der Waals surface area contributed by atoms with Crippen molar-refractivity contribution in [2.75, 3.05) is 33.5 Å². The van der Waals surface area contributed by atoms with Gasteiger partial charge in [0.25, 0.3) is 0 Å². The number of nitrogens with zero attached hydrogens (tertiary/aromatic N) is 1. The first-order valence-electron chi connectivity index (χ1n) is 5.87. The average molecular weight is 242 g/mol. The van der Waals surface area contributed by atoms with Crippen molar-refractivity contribution in [3.63, 3.8) is 0 Å². The van der Waals surface area contributed by atoms with Gasteiger partial charge in [0, 0.05) is 20.3 Å².